The van der Waals surface area contributed by atoms with Gasteiger partial charge in [-0.3, -0.25) is 0 Å². The highest BCUT2D eigenvalue weighted by Gasteiger charge is 2.07. The zero-order chi connectivity index (χ0) is 7.56. The van der Waals surface area contributed by atoms with Gasteiger partial charge in [-0.15, -0.1) is 0 Å². The monoisotopic (exact) mass is 139 g/mol. The van der Waals surface area contributed by atoms with Gasteiger partial charge in [0, 0.05) is 0 Å². The number of aromatic hydroxyl groups is 1. The van der Waals surface area contributed by atoms with Crippen LogP contribution in [0.15, 0.2) is 24.3 Å². The smallest absolute Gasteiger partial charge is 0.254 e. The van der Waals surface area contributed by atoms with Crippen LogP contribution >= 0.6 is 0 Å². The second kappa shape index (κ2) is 2.68. The van der Waals surface area contributed by atoms with Crippen LogP contribution in [0.5, 0.6) is 5.75 Å². The molecule has 0 unspecified atom stereocenters. The lowest BCUT2D eigenvalue weighted by Gasteiger charge is -2.02. The largest absolute Gasteiger partial charge is 0.507 e. The number of benzene rings is 1. The molecule has 0 heterocycles. The molecule has 0 saturated heterocycles. The first-order valence-electron chi connectivity index (χ1n) is 2.75. The summed E-state index contributed by atoms with van der Waals surface area (Å²) < 4.78 is 0. The summed E-state index contributed by atoms with van der Waals surface area (Å²) in [6, 6.07) is 5.98. The molecule has 1 aromatic carbocycles. The topological polar surface area (TPSA) is 60.7 Å². The zero-order valence-electron chi connectivity index (χ0n) is 5.15. The fourth-order valence-electron chi connectivity index (χ4n) is 0.663. The molecule has 3 N–H and O–H groups in total. The average Bonchev–Trinajstić information content (AvgIpc) is 1.88. The SMILES string of the molecule is O[C](O)c1ccccc1O. The van der Waals surface area contributed by atoms with Crippen LogP contribution in [0, 0.1) is 6.29 Å². The molecule has 0 atom stereocenters. The van der Waals surface area contributed by atoms with Gasteiger partial charge in [0.05, 0.1) is 5.56 Å². The summed E-state index contributed by atoms with van der Waals surface area (Å²) in [5.74, 6) is -0.137. The molecule has 10 heavy (non-hydrogen) atoms. The van der Waals surface area contributed by atoms with Gasteiger partial charge in [-0.2, -0.15) is 0 Å². The van der Waals surface area contributed by atoms with Gasteiger partial charge < -0.3 is 15.3 Å². The first-order chi connectivity index (χ1) is 4.72. The van der Waals surface area contributed by atoms with E-state index in [0.717, 1.165) is 0 Å². The molecule has 0 saturated carbocycles. The second-order valence-electron chi connectivity index (χ2n) is 1.84. The molecule has 0 aliphatic rings. The zero-order valence-corrected chi connectivity index (χ0v) is 5.15. The number of aliphatic hydroxyl groups excluding tert-OH is 1. The summed E-state index contributed by atoms with van der Waals surface area (Å²) in [5.41, 5.74) is 0.0440. The number of phenols is 1. The molecule has 53 valence electrons. The van der Waals surface area contributed by atoms with Crippen LogP contribution in [-0.4, -0.2) is 15.3 Å². The molecule has 0 fully saturated rings. The predicted octanol–water partition coefficient (Wildman–Crippen LogP) is 0.975. The van der Waals surface area contributed by atoms with Gasteiger partial charge in [0.1, 0.15) is 5.75 Å². The number of phenolic OH excluding ortho intramolecular Hbond substituents is 1. The third-order valence-electron chi connectivity index (χ3n) is 1.14. The van der Waals surface area contributed by atoms with Crippen LogP contribution in [0.4, 0.5) is 0 Å². The van der Waals surface area contributed by atoms with E-state index in [1.807, 2.05) is 0 Å². The van der Waals surface area contributed by atoms with Gasteiger partial charge in [0.15, 0.2) is 0 Å². The van der Waals surface area contributed by atoms with E-state index in [1.165, 1.54) is 12.1 Å². The molecule has 0 aliphatic carbocycles. The molecule has 3 heteroatoms. The molecule has 0 spiro atoms. The maximum atomic E-state index is 8.94. The molecular weight excluding hydrogens is 132 g/mol. The highest BCUT2D eigenvalue weighted by molar-refractivity contribution is 5.37. The Morgan fingerprint density at radius 2 is 1.70 bits per heavy atom. The van der Waals surface area contributed by atoms with Gasteiger partial charge >= 0.3 is 0 Å². The number of hydrogen-bond donors (Lipinski definition) is 3. The number of rotatable bonds is 1. The Morgan fingerprint density at radius 3 is 2.10 bits per heavy atom. The van der Waals surface area contributed by atoms with Gasteiger partial charge in [-0.1, -0.05) is 12.1 Å². The van der Waals surface area contributed by atoms with Crippen molar-refractivity contribution in [2.24, 2.45) is 0 Å². The van der Waals surface area contributed by atoms with Crippen LogP contribution in [0.1, 0.15) is 5.56 Å². The fraction of sp³-hybridized carbons (Fsp3) is 0. The minimum atomic E-state index is -0.863. The van der Waals surface area contributed by atoms with E-state index in [9.17, 15) is 0 Å². The molecule has 0 aliphatic heterocycles. The van der Waals surface area contributed by atoms with E-state index in [-0.39, 0.29) is 11.3 Å². The molecule has 1 radical (unpaired) electrons. The van der Waals surface area contributed by atoms with Crippen LogP contribution in [0.3, 0.4) is 0 Å². The lowest BCUT2D eigenvalue weighted by atomic mass is 10.2. The Morgan fingerprint density at radius 1 is 1.10 bits per heavy atom. The van der Waals surface area contributed by atoms with Gasteiger partial charge in [0.2, 0.25) is 0 Å². The second-order valence-corrected chi connectivity index (χ2v) is 1.84. The van der Waals surface area contributed by atoms with Gasteiger partial charge in [-0.05, 0) is 12.1 Å². The van der Waals surface area contributed by atoms with Crippen molar-refractivity contribution in [2.75, 3.05) is 0 Å². The molecule has 3 nitrogen and oxygen atoms in total. The first-order valence-corrected chi connectivity index (χ1v) is 2.75. The summed E-state index contributed by atoms with van der Waals surface area (Å²) in [6.07, 6.45) is -0.863. The van der Waals surface area contributed by atoms with E-state index in [0.29, 0.717) is 0 Å². The van der Waals surface area contributed by atoms with Crippen molar-refractivity contribution in [3.05, 3.63) is 36.1 Å². The normalized spacial score (nSPS) is 10.3. The number of aliphatic hydroxyl groups is 2. The third kappa shape index (κ3) is 1.26. The molecular formula is C7H7O3. The Kier molecular flexibility index (Phi) is 1.89. The molecule has 0 aromatic heterocycles. The van der Waals surface area contributed by atoms with E-state index >= 15 is 0 Å². The summed E-state index contributed by atoms with van der Waals surface area (Å²) in [7, 11) is 0. The molecule has 1 aromatic rings. The van der Waals surface area contributed by atoms with Crippen LogP contribution in [0.2, 0.25) is 0 Å². The summed E-state index contributed by atoms with van der Waals surface area (Å²) in [4.78, 5) is 0. The Balaban J connectivity index is 3.03. The average molecular weight is 139 g/mol. The van der Waals surface area contributed by atoms with E-state index in [1.54, 1.807) is 12.1 Å². The lowest BCUT2D eigenvalue weighted by Crippen LogP contribution is -1.95. The van der Waals surface area contributed by atoms with Crippen molar-refractivity contribution < 1.29 is 15.3 Å². The van der Waals surface area contributed by atoms with Crippen molar-refractivity contribution in [2.45, 2.75) is 0 Å². The maximum absolute atomic E-state index is 8.94. The quantitative estimate of drug-likeness (QED) is 0.543. The van der Waals surface area contributed by atoms with E-state index in [4.69, 9.17) is 15.3 Å². The number of hydrogen-bond acceptors (Lipinski definition) is 3. The fourth-order valence-corrected chi connectivity index (χ4v) is 0.663. The van der Waals surface area contributed by atoms with Gasteiger partial charge in [0.25, 0.3) is 6.29 Å². The van der Waals surface area contributed by atoms with E-state index in [2.05, 4.69) is 0 Å². The lowest BCUT2D eigenvalue weighted by molar-refractivity contribution is 0.108. The van der Waals surface area contributed by atoms with Crippen LogP contribution in [-0.2, 0) is 0 Å². The van der Waals surface area contributed by atoms with Crippen LogP contribution < -0.4 is 0 Å². The maximum Gasteiger partial charge on any atom is 0.254 e. The standard InChI is InChI=1S/C7H7O3/c8-6-4-2-1-3-5(6)7(9)10/h1-4,8-10H. The minimum Gasteiger partial charge on any atom is -0.507 e. The van der Waals surface area contributed by atoms with Crippen molar-refractivity contribution in [1.29, 1.82) is 0 Å². The van der Waals surface area contributed by atoms with Crippen molar-refractivity contribution >= 4 is 0 Å². The molecule has 0 amide bonds. The predicted molar refractivity (Wildman–Crippen MR) is 34.3 cm³/mol. The highest BCUT2D eigenvalue weighted by Crippen LogP contribution is 2.20. The number of para-hydroxylation sites is 1. The van der Waals surface area contributed by atoms with Gasteiger partial charge in [-0.25, -0.2) is 0 Å². The summed E-state index contributed by atoms with van der Waals surface area (Å²) in [6.45, 7) is 0. The summed E-state index contributed by atoms with van der Waals surface area (Å²) >= 11 is 0. The summed E-state index contributed by atoms with van der Waals surface area (Å²) in [5, 5.41) is 26.0. The van der Waals surface area contributed by atoms with Crippen LogP contribution in [0.25, 0.3) is 0 Å². The molecule has 0 bridgehead atoms. The van der Waals surface area contributed by atoms with Crippen molar-refractivity contribution in [3.8, 4) is 5.75 Å². The Hall–Kier alpha value is -1.06. The van der Waals surface area contributed by atoms with E-state index < -0.39 is 6.29 Å². The van der Waals surface area contributed by atoms with Crippen molar-refractivity contribution in [3.63, 3.8) is 0 Å². The Bertz CT molecular complexity index is 220. The Labute approximate surface area is 58.2 Å². The minimum absolute atomic E-state index is 0.0440. The van der Waals surface area contributed by atoms with Crippen molar-refractivity contribution in [1.82, 2.24) is 0 Å². The first kappa shape index (κ1) is 7.05. The third-order valence-corrected chi connectivity index (χ3v) is 1.14. The molecule has 1 rings (SSSR count). The highest BCUT2D eigenvalue weighted by atomic mass is 16.5.